The molecule has 0 aliphatic rings. The van der Waals surface area contributed by atoms with Crippen molar-refractivity contribution in [3.63, 3.8) is 0 Å². The number of rotatable bonds is 4. The van der Waals surface area contributed by atoms with E-state index in [4.69, 9.17) is 23.2 Å². The van der Waals surface area contributed by atoms with Crippen LogP contribution in [-0.2, 0) is 0 Å². The number of hydrogen-bond acceptors (Lipinski definition) is 1. The van der Waals surface area contributed by atoms with Crippen molar-refractivity contribution >= 4 is 45.0 Å². The molecule has 0 fully saturated rings. The van der Waals surface area contributed by atoms with Crippen LogP contribution in [0.4, 0.5) is 0 Å². The Balaban J connectivity index is 2.15. The summed E-state index contributed by atoms with van der Waals surface area (Å²) in [6, 6.07) is 12.6. The molecule has 0 saturated heterocycles. The summed E-state index contributed by atoms with van der Waals surface area (Å²) in [7, 11) is 0. The van der Waals surface area contributed by atoms with Crippen LogP contribution in [0.3, 0.4) is 0 Å². The van der Waals surface area contributed by atoms with Crippen molar-refractivity contribution in [3.05, 3.63) is 68.1 Å². The fraction of sp³-hybridized carbons (Fsp3) is 0.188. The molecule has 1 unspecified atom stereocenters. The molecule has 0 aromatic heterocycles. The molecule has 2 aromatic rings. The summed E-state index contributed by atoms with van der Waals surface area (Å²) in [5, 5.41) is 4.28. The standard InChI is InChI=1S/C16H14BrCl2NO/c1-2-15(10-3-6-12(18)7-4-10)20-16(21)11-5-8-14(19)13(17)9-11/h3-9,15H,2H2,1H3,(H,20,21). The van der Waals surface area contributed by atoms with E-state index in [0.29, 0.717) is 20.1 Å². The van der Waals surface area contributed by atoms with Gasteiger partial charge >= 0.3 is 0 Å². The van der Waals surface area contributed by atoms with Gasteiger partial charge in [-0.15, -0.1) is 0 Å². The van der Waals surface area contributed by atoms with Crippen molar-refractivity contribution in [2.45, 2.75) is 19.4 Å². The van der Waals surface area contributed by atoms with Crippen molar-refractivity contribution in [1.82, 2.24) is 5.32 Å². The largest absolute Gasteiger partial charge is 0.345 e. The van der Waals surface area contributed by atoms with E-state index in [1.807, 2.05) is 31.2 Å². The van der Waals surface area contributed by atoms with E-state index in [1.54, 1.807) is 18.2 Å². The van der Waals surface area contributed by atoms with E-state index in [2.05, 4.69) is 21.2 Å². The van der Waals surface area contributed by atoms with Gasteiger partial charge in [0.1, 0.15) is 0 Å². The summed E-state index contributed by atoms with van der Waals surface area (Å²) in [4.78, 5) is 12.3. The maximum absolute atomic E-state index is 12.3. The van der Waals surface area contributed by atoms with Crippen LogP contribution in [0, 0.1) is 0 Å². The van der Waals surface area contributed by atoms with E-state index < -0.39 is 0 Å². The molecule has 5 heteroatoms. The van der Waals surface area contributed by atoms with Crippen molar-refractivity contribution in [3.8, 4) is 0 Å². The lowest BCUT2D eigenvalue weighted by Gasteiger charge is -2.18. The third-order valence-electron chi connectivity index (χ3n) is 3.17. The Kier molecular flexibility index (Phi) is 5.68. The van der Waals surface area contributed by atoms with E-state index >= 15 is 0 Å². The Labute approximate surface area is 142 Å². The van der Waals surface area contributed by atoms with Crippen LogP contribution in [0.5, 0.6) is 0 Å². The van der Waals surface area contributed by atoms with Gasteiger partial charge < -0.3 is 5.32 Å². The number of carbonyl (C=O) groups excluding carboxylic acids is 1. The molecule has 0 heterocycles. The molecule has 2 rings (SSSR count). The molecule has 0 aliphatic carbocycles. The van der Waals surface area contributed by atoms with Crippen LogP contribution in [0.25, 0.3) is 0 Å². The summed E-state index contributed by atoms with van der Waals surface area (Å²) < 4.78 is 0.705. The highest BCUT2D eigenvalue weighted by molar-refractivity contribution is 9.10. The molecule has 1 N–H and O–H groups in total. The van der Waals surface area contributed by atoms with Crippen LogP contribution < -0.4 is 5.32 Å². The maximum atomic E-state index is 12.3. The second-order valence-electron chi connectivity index (χ2n) is 4.61. The van der Waals surface area contributed by atoms with Gasteiger partial charge in [0.15, 0.2) is 0 Å². The molecule has 2 nitrogen and oxygen atoms in total. The van der Waals surface area contributed by atoms with Gasteiger partial charge in [-0.25, -0.2) is 0 Å². The fourth-order valence-electron chi connectivity index (χ4n) is 2.00. The molecule has 0 bridgehead atoms. The zero-order valence-corrected chi connectivity index (χ0v) is 14.5. The van der Waals surface area contributed by atoms with Gasteiger partial charge in [0, 0.05) is 15.1 Å². The summed E-state index contributed by atoms with van der Waals surface area (Å²) in [5.74, 6) is -0.130. The van der Waals surface area contributed by atoms with Crippen LogP contribution in [0.15, 0.2) is 46.9 Å². The van der Waals surface area contributed by atoms with E-state index in [1.165, 1.54) is 0 Å². The third-order valence-corrected chi connectivity index (χ3v) is 4.63. The fourth-order valence-corrected chi connectivity index (χ4v) is 2.62. The monoisotopic (exact) mass is 385 g/mol. The van der Waals surface area contributed by atoms with Crippen molar-refractivity contribution in [1.29, 1.82) is 0 Å². The molecule has 110 valence electrons. The molecular weight excluding hydrogens is 373 g/mol. The van der Waals surface area contributed by atoms with Crippen LogP contribution in [0.2, 0.25) is 10.0 Å². The zero-order valence-electron chi connectivity index (χ0n) is 11.4. The normalized spacial score (nSPS) is 12.0. The van der Waals surface area contributed by atoms with Gasteiger partial charge in [-0.05, 0) is 58.2 Å². The summed E-state index contributed by atoms with van der Waals surface area (Å²) in [6.07, 6.45) is 0.794. The quantitative estimate of drug-likeness (QED) is 0.723. The SMILES string of the molecule is CCC(NC(=O)c1ccc(Cl)c(Br)c1)c1ccc(Cl)cc1. The Hall–Kier alpha value is -1.03. The predicted molar refractivity (Wildman–Crippen MR) is 91.1 cm³/mol. The first kappa shape index (κ1) is 16.3. The smallest absolute Gasteiger partial charge is 0.251 e. The first-order valence-electron chi connectivity index (χ1n) is 6.52. The number of nitrogens with one attached hydrogen (secondary N) is 1. The second kappa shape index (κ2) is 7.30. The highest BCUT2D eigenvalue weighted by Crippen LogP contribution is 2.24. The molecule has 1 atom stereocenters. The van der Waals surface area contributed by atoms with Crippen molar-refractivity contribution in [2.75, 3.05) is 0 Å². The second-order valence-corrected chi connectivity index (χ2v) is 6.31. The Morgan fingerprint density at radius 2 is 1.86 bits per heavy atom. The molecule has 0 saturated carbocycles. The van der Waals surface area contributed by atoms with Gasteiger partial charge in [0.05, 0.1) is 11.1 Å². The summed E-state index contributed by atoms with van der Waals surface area (Å²) >= 11 is 15.2. The first-order valence-corrected chi connectivity index (χ1v) is 8.07. The third kappa shape index (κ3) is 4.22. The zero-order chi connectivity index (χ0) is 15.4. The summed E-state index contributed by atoms with van der Waals surface area (Å²) in [6.45, 7) is 2.03. The van der Waals surface area contributed by atoms with E-state index in [0.717, 1.165) is 12.0 Å². The Bertz CT molecular complexity index is 643. The van der Waals surface area contributed by atoms with Crippen LogP contribution in [-0.4, -0.2) is 5.91 Å². The average Bonchev–Trinajstić information content (AvgIpc) is 2.48. The Morgan fingerprint density at radius 1 is 1.19 bits per heavy atom. The topological polar surface area (TPSA) is 29.1 Å². The van der Waals surface area contributed by atoms with Crippen LogP contribution >= 0.6 is 39.1 Å². The lowest BCUT2D eigenvalue weighted by molar-refractivity contribution is 0.0935. The Morgan fingerprint density at radius 3 is 2.43 bits per heavy atom. The number of benzene rings is 2. The van der Waals surface area contributed by atoms with Gasteiger partial charge in [-0.2, -0.15) is 0 Å². The van der Waals surface area contributed by atoms with Gasteiger partial charge in [0.25, 0.3) is 5.91 Å². The highest BCUT2D eigenvalue weighted by Gasteiger charge is 2.14. The molecule has 0 aliphatic heterocycles. The molecular formula is C16H14BrCl2NO. The average molecular weight is 387 g/mol. The van der Waals surface area contributed by atoms with E-state index in [9.17, 15) is 4.79 Å². The molecule has 1 amide bonds. The van der Waals surface area contributed by atoms with Gasteiger partial charge in [0.2, 0.25) is 0 Å². The van der Waals surface area contributed by atoms with Crippen molar-refractivity contribution in [2.24, 2.45) is 0 Å². The van der Waals surface area contributed by atoms with Gasteiger partial charge in [-0.3, -0.25) is 4.79 Å². The molecule has 0 spiro atoms. The number of halogens is 3. The number of carbonyl (C=O) groups is 1. The minimum Gasteiger partial charge on any atom is -0.345 e. The molecule has 2 aromatic carbocycles. The number of hydrogen-bond donors (Lipinski definition) is 1. The number of amides is 1. The lowest BCUT2D eigenvalue weighted by Crippen LogP contribution is -2.28. The minimum absolute atomic E-state index is 0.0516. The van der Waals surface area contributed by atoms with Gasteiger partial charge in [-0.1, -0.05) is 42.3 Å². The first-order chi connectivity index (χ1) is 10.0. The lowest BCUT2D eigenvalue weighted by atomic mass is 10.0. The predicted octanol–water partition coefficient (Wildman–Crippen LogP) is 5.64. The van der Waals surface area contributed by atoms with Crippen molar-refractivity contribution < 1.29 is 4.79 Å². The molecule has 0 radical (unpaired) electrons. The molecule has 21 heavy (non-hydrogen) atoms. The van der Waals surface area contributed by atoms with Crippen LogP contribution in [0.1, 0.15) is 35.3 Å². The van der Waals surface area contributed by atoms with E-state index in [-0.39, 0.29) is 11.9 Å². The maximum Gasteiger partial charge on any atom is 0.251 e. The minimum atomic E-state index is -0.130. The summed E-state index contributed by atoms with van der Waals surface area (Å²) in [5.41, 5.74) is 1.60. The highest BCUT2D eigenvalue weighted by atomic mass is 79.9.